The lowest BCUT2D eigenvalue weighted by Crippen LogP contribution is -2.16. The van der Waals surface area contributed by atoms with Gasteiger partial charge in [0.2, 0.25) is 0 Å². The molecule has 0 aliphatic heterocycles. The Kier molecular flexibility index (Phi) is 3.97. The molecule has 0 spiro atoms. The fraction of sp³-hybridized carbons (Fsp3) is 0.417. The van der Waals surface area contributed by atoms with Crippen molar-refractivity contribution in [2.75, 3.05) is 20.6 Å². The number of carbonyl (C=O) groups is 1. The molecule has 0 bridgehead atoms. The average Bonchev–Trinajstić information content (AvgIpc) is 2.19. The van der Waals surface area contributed by atoms with Gasteiger partial charge in [0.15, 0.2) is 0 Å². The number of benzene rings is 1. The first kappa shape index (κ1) is 11.9. The van der Waals surface area contributed by atoms with Crippen LogP contribution in [0.15, 0.2) is 12.1 Å². The van der Waals surface area contributed by atoms with Crippen molar-refractivity contribution in [2.45, 2.75) is 13.3 Å². The predicted octanol–water partition coefficient (Wildman–Crippen LogP) is 2.05. The van der Waals surface area contributed by atoms with Gasteiger partial charge in [-0.25, -0.2) is 4.39 Å². The highest BCUT2D eigenvalue weighted by atomic mass is 19.1. The summed E-state index contributed by atoms with van der Waals surface area (Å²) in [5, 5.41) is 0. The minimum Gasteiger partial charge on any atom is -0.309 e. The molecule has 0 aliphatic carbocycles. The SMILES string of the molecule is Cc1cc(CCN(C)C)c(C=O)cc1F. The number of aryl methyl sites for hydroxylation is 1. The highest BCUT2D eigenvalue weighted by molar-refractivity contribution is 5.77. The summed E-state index contributed by atoms with van der Waals surface area (Å²) in [6, 6.07) is 3.07. The van der Waals surface area contributed by atoms with Gasteiger partial charge in [-0.15, -0.1) is 0 Å². The summed E-state index contributed by atoms with van der Waals surface area (Å²) in [7, 11) is 3.94. The molecule has 0 fully saturated rings. The molecule has 0 unspecified atom stereocenters. The minimum absolute atomic E-state index is 0.314. The number of rotatable bonds is 4. The van der Waals surface area contributed by atoms with Crippen molar-refractivity contribution in [2.24, 2.45) is 0 Å². The van der Waals surface area contributed by atoms with Crippen LogP contribution >= 0.6 is 0 Å². The van der Waals surface area contributed by atoms with Crippen LogP contribution in [-0.2, 0) is 6.42 Å². The molecule has 0 amide bonds. The quantitative estimate of drug-likeness (QED) is 0.707. The lowest BCUT2D eigenvalue weighted by atomic mass is 10.0. The Morgan fingerprint density at radius 3 is 2.60 bits per heavy atom. The van der Waals surface area contributed by atoms with E-state index in [1.54, 1.807) is 13.0 Å². The summed E-state index contributed by atoms with van der Waals surface area (Å²) in [5.74, 6) is -0.314. The standard InChI is InChI=1S/C12H16FNO/c1-9-6-10(4-5-14(2)3)11(8-15)7-12(9)13/h6-8H,4-5H2,1-3H3. The first-order chi connectivity index (χ1) is 7.04. The molecule has 1 rings (SSSR count). The van der Waals surface area contributed by atoms with E-state index < -0.39 is 0 Å². The molecule has 3 heteroatoms. The third kappa shape index (κ3) is 3.13. The van der Waals surface area contributed by atoms with E-state index in [9.17, 15) is 9.18 Å². The van der Waals surface area contributed by atoms with Crippen LogP contribution in [0, 0.1) is 12.7 Å². The first-order valence-corrected chi connectivity index (χ1v) is 4.93. The van der Waals surface area contributed by atoms with Crippen molar-refractivity contribution in [1.29, 1.82) is 0 Å². The summed E-state index contributed by atoms with van der Waals surface area (Å²) in [5.41, 5.74) is 1.96. The fourth-order valence-corrected chi connectivity index (χ4v) is 1.43. The van der Waals surface area contributed by atoms with Crippen LogP contribution in [0.3, 0.4) is 0 Å². The number of nitrogens with zero attached hydrogens (tertiary/aromatic N) is 1. The van der Waals surface area contributed by atoms with Gasteiger partial charge < -0.3 is 4.90 Å². The Labute approximate surface area is 89.7 Å². The van der Waals surface area contributed by atoms with Gasteiger partial charge in [0.05, 0.1) is 0 Å². The van der Waals surface area contributed by atoms with Crippen LogP contribution in [0.5, 0.6) is 0 Å². The lowest BCUT2D eigenvalue weighted by molar-refractivity contribution is 0.112. The highest BCUT2D eigenvalue weighted by Crippen LogP contribution is 2.14. The molecule has 0 radical (unpaired) electrons. The summed E-state index contributed by atoms with van der Waals surface area (Å²) in [4.78, 5) is 12.8. The maximum Gasteiger partial charge on any atom is 0.150 e. The summed E-state index contributed by atoms with van der Waals surface area (Å²) < 4.78 is 13.2. The largest absolute Gasteiger partial charge is 0.309 e. The molecule has 0 aliphatic rings. The van der Waals surface area contributed by atoms with E-state index in [4.69, 9.17) is 0 Å². The Morgan fingerprint density at radius 2 is 2.07 bits per heavy atom. The van der Waals surface area contributed by atoms with E-state index in [0.29, 0.717) is 17.4 Å². The van der Waals surface area contributed by atoms with Gasteiger partial charge in [-0.2, -0.15) is 0 Å². The lowest BCUT2D eigenvalue weighted by Gasteiger charge is -2.11. The number of carbonyl (C=O) groups excluding carboxylic acids is 1. The van der Waals surface area contributed by atoms with Crippen molar-refractivity contribution in [3.8, 4) is 0 Å². The van der Waals surface area contributed by atoms with Gasteiger partial charge in [-0.05, 0) is 44.6 Å². The van der Waals surface area contributed by atoms with Gasteiger partial charge in [-0.1, -0.05) is 6.07 Å². The van der Waals surface area contributed by atoms with Crippen molar-refractivity contribution >= 4 is 6.29 Å². The molecular formula is C12H16FNO. The second kappa shape index (κ2) is 5.03. The zero-order chi connectivity index (χ0) is 11.4. The number of likely N-dealkylation sites (N-methyl/N-ethyl adjacent to an activating group) is 1. The maximum atomic E-state index is 13.2. The predicted molar refractivity (Wildman–Crippen MR) is 58.8 cm³/mol. The van der Waals surface area contributed by atoms with Gasteiger partial charge in [0.25, 0.3) is 0 Å². The van der Waals surface area contributed by atoms with Crippen LogP contribution < -0.4 is 0 Å². The number of halogens is 1. The number of hydrogen-bond donors (Lipinski definition) is 0. The van der Waals surface area contributed by atoms with Crippen molar-refractivity contribution < 1.29 is 9.18 Å². The van der Waals surface area contributed by atoms with Crippen molar-refractivity contribution in [3.63, 3.8) is 0 Å². The normalized spacial score (nSPS) is 10.7. The van der Waals surface area contributed by atoms with Gasteiger partial charge in [-0.3, -0.25) is 4.79 Å². The number of hydrogen-bond acceptors (Lipinski definition) is 2. The monoisotopic (exact) mass is 209 g/mol. The first-order valence-electron chi connectivity index (χ1n) is 4.93. The van der Waals surface area contributed by atoms with E-state index in [2.05, 4.69) is 0 Å². The smallest absolute Gasteiger partial charge is 0.150 e. The molecule has 1 aromatic rings. The average molecular weight is 209 g/mol. The Balaban J connectivity index is 2.94. The maximum absolute atomic E-state index is 13.2. The molecule has 0 heterocycles. The van der Waals surface area contributed by atoms with E-state index in [-0.39, 0.29) is 5.82 Å². The van der Waals surface area contributed by atoms with Crippen LogP contribution in [0.4, 0.5) is 4.39 Å². The van der Waals surface area contributed by atoms with E-state index in [1.165, 1.54) is 6.07 Å². The van der Waals surface area contributed by atoms with E-state index in [1.807, 2.05) is 19.0 Å². The Hall–Kier alpha value is -1.22. The van der Waals surface area contributed by atoms with Gasteiger partial charge in [0.1, 0.15) is 12.1 Å². The molecule has 0 aromatic heterocycles. The molecule has 0 N–H and O–H groups in total. The van der Waals surface area contributed by atoms with Crippen LogP contribution in [0.1, 0.15) is 21.5 Å². The van der Waals surface area contributed by atoms with Gasteiger partial charge in [0, 0.05) is 12.1 Å². The number of aldehydes is 1. The minimum atomic E-state index is -0.314. The molecular weight excluding hydrogens is 193 g/mol. The summed E-state index contributed by atoms with van der Waals surface area (Å²) in [6.45, 7) is 2.56. The second-order valence-corrected chi connectivity index (χ2v) is 3.97. The van der Waals surface area contributed by atoms with Crippen molar-refractivity contribution in [1.82, 2.24) is 4.90 Å². The summed E-state index contributed by atoms with van der Waals surface area (Å²) in [6.07, 6.45) is 1.48. The molecule has 1 aromatic carbocycles. The fourth-order valence-electron chi connectivity index (χ4n) is 1.43. The zero-order valence-electron chi connectivity index (χ0n) is 9.38. The molecule has 0 atom stereocenters. The zero-order valence-corrected chi connectivity index (χ0v) is 9.38. The molecule has 2 nitrogen and oxygen atoms in total. The van der Waals surface area contributed by atoms with Crippen LogP contribution in [0.2, 0.25) is 0 Å². The third-order valence-electron chi connectivity index (χ3n) is 2.38. The van der Waals surface area contributed by atoms with E-state index in [0.717, 1.165) is 18.5 Å². The Bertz CT molecular complexity index is 361. The molecule has 0 saturated carbocycles. The molecule has 15 heavy (non-hydrogen) atoms. The van der Waals surface area contributed by atoms with Crippen LogP contribution in [0.25, 0.3) is 0 Å². The molecule has 82 valence electrons. The second-order valence-electron chi connectivity index (χ2n) is 3.97. The topological polar surface area (TPSA) is 20.3 Å². The summed E-state index contributed by atoms with van der Waals surface area (Å²) >= 11 is 0. The third-order valence-corrected chi connectivity index (χ3v) is 2.38. The molecule has 0 saturated heterocycles. The highest BCUT2D eigenvalue weighted by Gasteiger charge is 2.06. The van der Waals surface area contributed by atoms with Crippen LogP contribution in [-0.4, -0.2) is 31.8 Å². The van der Waals surface area contributed by atoms with E-state index >= 15 is 0 Å². The van der Waals surface area contributed by atoms with Gasteiger partial charge >= 0.3 is 0 Å². The Morgan fingerprint density at radius 1 is 1.40 bits per heavy atom. The van der Waals surface area contributed by atoms with Crippen molar-refractivity contribution in [3.05, 3.63) is 34.6 Å².